The molecule has 6 aromatic rings. The van der Waals surface area contributed by atoms with Gasteiger partial charge in [-0.3, -0.25) is 20.2 Å². The van der Waals surface area contributed by atoms with E-state index in [1.807, 2.05) is 0 Å². The van der Waals surface area contributed by atoms with Crippen molar-refractivity contribution in [2.24, 2.45) is 0 Å². The summed E-state index contributed by atoms with van der Waals surface area (Å²) in [5.74, 6) is -21.4. The topological polar surface area (TPSA) is 64.7 Å². The van der Waals surface area contributed by atoms with Gasteiger partial charge in [-0.2, -0.15) is 0 Å². The van der Waals surface area contributed by atoms with Gasteiger partial charge >= 0.3 is 21.1 Å². The number of aryl methyl sites for hydroxylation is 1. The van der Waals surface area contributed by atoms with Crippen molar-refractivity contribution in [3.63, 3.8) is 0 Å². The van der Waals surface area contributed by atoms with Crippen molar-refractivity contribution in [1.82, 2.24) is 29.5 Å². The number of benzene rings is 2. The van der Waals surface area contributed by atoms with Gasteiger partial charge in [0.05, 0.1) is 11.6 Å². The van der Waals surface area contributed by atoms with Gasteiger partial charge in [-0.15, -0.1) is 12.1 Å². The first-order valence-corrected chi connectivity index (χ1v) is 14.6. The Morgan fingerprint density at radius 3 is 1.33 bits per heavy atom. The van der Waals surface area contributed by atoms with E-state index in [0.717, 1.165) is 21.5 Å². The molecule has 0 unspecified atom stereocenters. The molecule has 0 radical (unpaired) electrons. The number of anilines is 1. The molecule has 4 aromatic heterocycles. The molecular formula is C34H21F10N7Pt. The quantitative estimate of drug-likeness (QED) is 0.0707. The zero-order valence-corrected chi connectivity index (χ0v) is 29.5. The molecular weight excluding hydrogens is 891 g/mol. The van der Waals surface area contributed by atoms with E-state index in [4.69, 9.17) is 0 Å². The van der Waals surface area contributed by atoms with Crippen molar-refractivity contribution in [3.8, 4) is 34.2 Å². The van der Waals surface area contributed by atoms with E-state index in [1.54, 1.807) is 51.9 Å². The Morgan fingerprint density at radius 2 is 0.923 bits per heavy atom. The summed E-state index contributed by atoms with van der Waals surface area (Å²) in [6.45, 7) is 5.18. The molecule has 272 valence electrons. The van der Waals surface area contributed by atoms with E-state index in [2.05, 4.69) is 32.6 Å². The van der Waals surface area contributed by atoms with Gasteiger partial charge in [-0.25, -0.2) is 43.9 Å². The largest absolute Gasteiger partial charge is 2.00 e. The van der Waals surface area contributed by atoms with Crippen molar-refractivity contribution in [1.29, 1.82) is 0 Å². The van der Waals surface area contributed by atoms with Crippen LogP contribution < -0.4 is 4.90 Å². The average molecular weight is 913 g/mol. The van der Waals surface area contributed by atoms with E-state index in [-0.39, 0.29) is 32.7 Å². The summed E-state index contributed by atoms with van der Waals surface area (Å²) in [6, 6.07) is 8.32. The van der Waals surface area contributed by atoms with Crippen LogP contribution in [0.5, 0.6) is 0 Å². The minimum atomic E-state index is -2.32. The number of hydrogen-bond acceptors (Lipinski definition) is 5. The van der Waals surface area contributed by atoms with Crippen LogP contribution in [-0.4, -0.2) is 43.6 Å². The standard InChI is InChI=1S/C34H21F10N7.Pt/c1-14-10-18(45-20(11-14)50-8-6-16(47-50)22-24(35)28(39)32(43)29(40)25(22)36)34(2,3)19-12-15(49(4)5)13-21(46-19)51-9-7-17(48-51)23-26(37)30(41)33(44)31(42)27(23)38;/h6-7,10-13H,1-5H3;/q-2;+2. The molecule has 0 aliphatic rings. The van der Waals surface area contributed by atoms with Crippen LogP contribution in [0.15, 0.2) is 36.4 Å². The zero-order valence-electron chi connectivity index (χ0n) is 27.2. The minimum Gasteiger partial charge on any atom is -0.378 e. The number of aromatic nitrogens is 6. The molecule has 6 rings (SSSR count). The number of hydrogen-bond donors (Lipinski definition) is 0. The summed E-state index contributed by atoms with van der Waals surface area (Å²) in [5, 5.41) is 7.97. The monoisotopic (exact) mass is 912 g/mol. The number of pyridine rings is 2. The van der Waals surface area contributed by atoms with Gasteiger partial charge in [0.1, 0.15) is 0 Å². The third-order valence-corrected chi connectivity index (χ3v) is 7.98. The maximum atomic E-state index is 14.5. The molecule has 0 N–H and O–H groups in total. The average Bonchev–Trinajstić information content (AvgIpc) is 3.79. The first-order valence-electron chi connectivity index (χ1n) is 14.6. The van der Waals surface area contributed by atoms with Crippen LogP contribution in [0.2, 0.25) is 0 Å². The van der Waals surface area contributed by atoms with Gasteiger partial charge in [-0.1, -0.05) is 30.1 Å². The maximum Gasteiger partial charge on any atom is 2.00 e. The predicted molar refractivity (Wildman–Crippen MR) is 162 cm³/mol. The Morgan fingerprint density at radius 1 is 0.558 bits per heavy atom. The summed E-state index contributed by atoms with van der Waals surface area (Å²) in [5.41, 5.74) is -2.90. The molecule has 0 spiro atoms. The molecule has 0 aliphatic carbocycles. The first-order chi connectivity index (χ1) is 23.9. The second-order valence-corrected chi connectivity index (χ2v) is 12.0. The molecule has 7 nitrogen and oxygen atoms in total. The summed E-state index contributed by atoms with van der Waals surface area (Å²) in [6.07, 6.45) is 5.16. The van der Waals surface area contributed by atoms with Crippen LogP contribution >= 0.6 is 0 Å². The van der Waals surface area contributed by atoms with Crippen LogP contribution in [-0.2, 0) is 26.5 Å². The Labute approximate surface area is 302 Å². The molecule has 0 saturated carbocycles. The molecule has 0 aliphatic heterocycles. The summed E-state index contributed by atoms with van der Waals surface area (Å²) in [4.78, 5) is 11.0. The molecule has 0 amide bonds. The second-order valence-electron chi connectivity index (χ2n) is 12.0. The van der Waals surface area contributed by atoms with Crippen molar-refractivity contribution >= 4 is 5.69 Å². The number of nitrogens with zero attached hydrogens (tertiary/aromatic N) is 7. The van der Waals surface area contributed by atoms with Gasteiger partial charge < -0.3 is 14.3 Å². The van der Waals surface area contributed by atoms with E-state index in [9.17, 15) is 43.9 Å². The minimum absolute atomic E-state index is 0. The first kappa shape index (κ1) is 38.2. The Balaban J connectivity index is 0.00000523. The Kier molecular flexibility index (Phi) is 10.2. The molecule has 2 aromatic carbocycles. The molecule has 0 fully saturated rings. The summed E-state index contributed by atoms with van der Waals surface area (Å²) >= 11 is 0. The van der Waals surface area contributed by atoms with E-state index in [1.165, 1.54) is 12.1 Å². The summed E-state index contributed by atoms with van der Waals surface area (Å²) in [7, 11) is 3.42. The fourth-order valence-corrected chi connectivity index (χ4v) is 5.11. The summed E-state index contributed by atoms with van der Waals surface area (Å²) < 4.78 is 143. The van der Waals surface area contributed by atoms with Crippen molar-refractivity contribution < 1.29 is 65.0 Å². The van der Waals surface area contributed by atoms with Crippen LogP contribution in [0.3, 0.4) is 0 Å². The van der Waals surface area contributed by atoms with Crippen molar-refractivity contribution in [2.45, 2.75) is 26.2 Å². The van der Waals surface area contributed by atoms with Crippen LogP contribution in [0.4, 0.5) is 49.6 Å². The predicted octanol–water partition coefficient (Wildman–Crippen LogP) is 7.87. The van der Waals surface area contributed by atoms with E-state index in [0.29, 0.717) is 22.6 Å². The fourth-order valence-electron chi connectivity index (χ4n) is 5.11. The second kappa shape index (κ2) is 13.8. The van der Waals surface area contributed by atoms with E-state index < -0.39 is 86.1 Å². The molecule has 52 heavy (non-hydrogen) atoms. The normalized spacial score (nSPS) is 11.6. The molecule has 0 atom stereocenters. The Bertz CT molecular complexity index is 2310. The molecule has 18 heteroatoms. The zero-order chi connectivity index (χ0) is 37.3. The van der Waals surface area contributed by atoms with Gasteiger partial charge in [-0.05, 0) is 44.3 Å². The van der Waals surface area contributed by atoms with Gasteiger partial charge in [0, 0.05) is 47.7 Å². The van der Waals surface area contributed by atoms with Crippen LogP contribution in [0.25, 0.3) is 34.2 Å². The number of halogens is 10. The van der Waals surface area contributed by atoms with E-state index >= 15 is 0 Å². The van der Waals surface area contributed by atoms with Crippen molar-refractivity contribution in [3.05, 3.63) is 124 Å². The maximum absolute atomic E-state index is 14.5. The SMILES string of the molecule is Cc1cc(-n2[c-]cc(-c3c(F)c(F)c(F)c(F)c3F)n2)nc(C(C)(C)c2cc(N(C)C)cc(-n3[c-]cc(-c4c(F)c(F)c(F)c(F)c4F)n3)n2)c1.[Pt+2]. The third kappa shape index (κ3) is 6.35. The number of rotatable bonds is 7. The van der Waals surface area contributed by atoms with Gasteiger partial charge in [0.15, 0.2) is 58.2 Å². The molecule has 4 heterocycles. The molecule has 0 saturated heterocycles. The molecule has 0 bridgehead atoms. The van der Waals surface area contributed by atoms with Gasteiger partial charge in [0.2, 0.25) is 0 Å². The Hall–Kier alpha value is -5.05. The van der Waals surface area contributed by atoms with Crippen LogP contribution in [0.1, 0.15) is 30.8 Å². The van der Waals surface area contributed by atoms with Crippen molar-refractivity contribution in [2.75, 3.05) is 19.0 Å². The smallest absolute Gasteiger partial charge is 0.378 e. The fraction of sp³-hybridized carbons (Fsp3) is 0.176. The third-order valence-electron chi connectivity index (χ3n) is 7.98. The van der Waals surface area contributed by atoms with Crippen LogP contribution in [0, 0.1) is 77.5 Å². The van der Waals surface area contributed by atoms with Gasteiger partial charge in [0.25, 0.3) is 0 Å².